The molecule has 7 heteroatoms. The summed E-state index contributed by atoms with van der Waals surface area (Å²) in [6.45, 7) is 3.55. The first-order chi connectivity index (χ1) is 11.6. The van der Waals surface area contributed by atoms with Gasteiger partial charge in [0.15, 0.2) is 5.70 Å². The first kappa shape index (κ1) is 15.8. The van der Waals surface area contributed by atoms with E-state index in [1.165, 1.54) is 17.0 Å². The molecular formula is C17H16N2O5. The van der Waals surface area contributed by atoms with Crippen LogP contribution in [0.4, 0.5) is 0 Å². The molecule has 0 aliphatic carbocycles. The molecule has 1 aliphatic heterocycles. The number of benzene rings is 1. The van der Waals surface area contributed by atoms with E-state index in [-0.39, 0.29) is 12.3 Å². The summed E-state index contributed by atoms with van der Waals surface area (Å²) in [5.41, 5.74) is 1.28. The Labute approximate surface area is 138 Å². The molecule has 0 amide bonds. The molecule has 1 aliphatic rings. The van der Waals surface area contributed by atoms with Gasteiger partial charge < -0.3 is 14.2 Å². The number of hydrogen-bond acceptors (Lipinski definition) is 6. The molecule has 0 N–H and O–H groups in total. The quantitative estimate of drug-likeness (QED) is 0.476. The number of para-hydroxylation sites is 1. The molecule has 1 aromatic carbocycles. The number of carbonyl (C=O) groups excluding carboxylic acids is 2. The highest BCUT2D eigenvalue weighted by atomic mass is 16.7. The Hall–Kier alpha value is -3.09. The fraction of sp³-hybridized carbons (Fsp3) is 0.235. The summed E-state index contributed by atoms with van der Waals surface area (Å²) in [5.74, 6) is -1.04. The van der Waals surface area contributed by atoms with Crippen LogP contribution >= 0.6 is 0 Å². The Kier molecular flexibility index (Phi) is 4.33. The maximum Gasteiger partial charge on any atom is 0.360 e. The molecule has 1 atom stereocenters. The monoisotopic (exact) mass is 328 g/mol. The zero-order valence-electron chi connectivity index (χ0n) is 13.3. The second-order valence-electron chi connectivity index (χ2n) is 5.10. The van der Waals surface area contributed by atoms with E-state index in [9.17, 15) is 9.59 Å². The lowest BCUT2D eigenvalue weighted by Crippen LogP contribution is -2.16. The summed E-state index contributed by atoms with van der Waals surface area (Å²) in [6.07, 6.45) is 3.50. The van der Waals surface area contributed by atoms with Gasteiger partial charge in [0, 0.05) is 17.0 Å². The Bertz CT molecular complexity index is 850. The third-order valence-electron chi connectivity index (χ3n) is 3.44. The van der Waals surface area contributed by atoms with Gasteiger partial charge in [0.05, 0.1) is 18.3 Å². The molecule has 0 saturated heterocycles. The van der Waals surface area contributed by atoms with E-state index in [0.717, 1.165) is 10.9 Å². The molecule has 2 aromatic rings. The minimum atomic E-state index is -0.872. The summed E-state index contributed by atoms with van der Waals surface area (Å²) >= 11 is 0. The van der Waals surface area contributed by atoms with Crippen molar-refractivity contribution >= 4 is 28.5 Å². The Balaban J connectivity index is 1.93. The van der Waals surface area contributed by atoms with Gasteiger partial charge in [0.1, 0.15) is 6.26 Å². The molecule has 2 heterocycles. The average Bonchev–Trinajstić information content (AvgIpc) is 3.12. The number of ether oxygens (including phenoxy) is 3. The average molecular weight is 328 g/mol. The van der Waals surface area contributed by atoms with Crippen LogP contribution < -0.4 is 0 Å². The molecule has 1 unspecified atom stereocenters. The van der Waals surface area contributed by atoms with E-state index in [4.69, 9.17) is 14.2 Å². The predicted molar refractivity (Wildman–Crippen MR) is 85.4 cm³/mol. The van der Waals surface area contributed by atoms with Crippen molar-refractivity contribution in [1.82, 2.24) is 9.78 Å². The Morgan fingerprint density at radius 2 is 2.21 bits per heavy atom. The van der Waals surface area contributed by atoms with E-state index in [1.54, 1.807) is 20.0 Å². The van der Waals surface area contributed by atoms with Crippen molar-refractivity contribution in [3.8, 4) is 0 Å². The first-order valence-corrected chi connectivity index (χ1v) is 7.45. The van der Waals surface area contributed by atoms with Crippen molar-refractivity contribution in [2.24, 2.45) is 0 Å². The van der Waals surface area contributed by atoms with Gasteiger partial charge >= 0.3 is 11.9 Å². The van der Waals surface area contributed by atoms with Crippen LogP contribution in [0.5, 0.6) is 0 Å². The molecule has 124 valence electrons. The predicted octanol–water partition coefficient (Wildman–Crippen LogP) is 2.24. The molecule has 0 spiro atoms. The van der Waals surface area contributed by atoms with Crippen molar-refractivity contribution < 1.29 is 23.8 Å². The lowest BCUT2D eigenvalue weighted by atomic mass is 10.2. The number of hydrogen-bond donors (Lipinski definition) is 0. The number of esters is 2. The number of aromatic nitrogens is 2. The third kappa shape index (κ3) is 3.01. The van der Waals surface area contributed by atoms with E-state index in [2.05, 4.69) is 5.10 Å². The number of carbonyl (C=O) groups is 2. The fourth-order valence-electron chi connectivity index (χ4n) is 2.26. The van der Waals surface area contributed by atoms with Crippen molar-refractivity contribution in [1.29, 1.82) is 0 Å². The smallest absolute Gasteiger partial charge is 0.360 e. The van der Waals surface area contributed by atoms with Gasteiger partial charge in [-0.3, -0.25) is 0 Å². The van der Waals surface area contributed by atoms with Crippen molar-refractivity contribution in [2.75, 3.05) is 6.61 Å². The van der Waals surface area contributed by atoms with Crippen molar-refractivity contribution in [3.05, 3.63) is 48.4 Å². The third-order valence-corrected chi connectivity index (χ3v) is 3.44. The molecule has 3 rings (SSSR count). The summed E-state index contributed by atoms with van der Waals surface area (Å²) in [7, 11) is 0. The summed E-state index contributed by atoms with van der Waals surface area (Å²) in [5, 5.41) is 5.09. The maximum atomic E-state index is 12.3. The van der Waals surface area contributed by atoms with Crippen LogP contribution in [-0.2, 0) is 23.8 Å². The normalized spacial score (nSPS) is 17.6. The number of nitrogens with zero attached hydrogens (tertiary/aromatic N) is 2. The maximum absolute atomic E-state index is 12.3. The van der Waals surface area contributed by atoms with Crippen LogP contribution in [0.25, 0.3) is 16.6 Å². The van der Waals surface area contributed by atoms with Gasteiger partial charge in [-0.1, -0.05) is 18.2 Å². The van der Waals surface area contributed by atoms with Gasteiger partial charge in [0.25, 0.3) is 6.29 Å². The number of fused-ring (bicyclic) bond motifs is 1. The van der Waals surface area contributed by atoms with E-state index < -0.39 is 18.2 Å². The molecule has 0 fully saturated rings. The van der Waals surface area contributed by atoms with E-state index in [1.807, 2.05) is 24.3 Å². The van der Waals surface area contributed by atoms with Gasteiger partial charge in [-0.15, -0.1) is 0 Å². The van der Waals surface area contributed by atoms with Crippen LogP contribution in [0, 0.1) is 0 Å². The number of rotatable bonds is 5. The second kappa shape index (κ2) is 6.57. The van der Waals surface area contributed by atoms with Crippen LogP contribution in [-0.4, -0.2) is 34.6 Å². The minimum absolute atomic E-state index is 0.0899. The SMILES string of the molecule is CCOC(=O)/C(=C/OC1C=C(C)C(=O)O1)n1ncc2ccccc21. The lowest BCUT2D eigenvalue weighted by Gasteiger charge is -2.11. The van der Waals surface area contributed by atoms with Crippen LogP contribution in [0.1, 0.15) is 13.8 Å². The number of cyclic esters (lactones) is 1. The lowest BCUT2D eigenvalue weighted by molar-refractivity contribution is -0.152. The molecule has 1 aromatic heterocycles. The Morgan fingerprint density at radius 1 is 1.42 bits per heavy atom. The van der Waals surface area contributed by atoms with Gasteiger partial charge in [-0.05, 0) is 19.9 Å². The molecule has 7 nitrogen and oxygen atoms in total. The zero-order chi connectivity index (χ0) is 17.1. The largest absolute Gasteiger partial charge is 0.461 e. The topological polar surface area (TPSA) is 79.6 Å². The highest BCUT2D eigenvalue weighted by Gasteiger charge is 2.24. The molecular weight excluding hydrogens is 312 g/mol. The van der Waals surface area contributed by atoms with Gasteiger partial charge in [0.2, 0.25) is 0 Å². The molecule has 24 heavy (non-hydrogen) atoms. The van der Waals surface area contributed by atoms with E-state index in [0.29, 0.717) is 5.57 Å². The van der Waals surface area contributed by atoms with Gasteiger partial charge in [-0.25, -0.2) is 14.3 Å². The van der Waals surface area contributed by atoms with Crippen LogP contribution in [0.2, 0.25) is 0 Å². The summed E-state index contributed by atoms with van der Waals surface area (Å²) in [4.78, 5) is 23.6. The zero-order valence-corrected chi connectivity index (χ0v) is 13.3. The molecule has 0 saturated carbocycles. The van der Waals surface area contributed by atoms with E-state index >= 15 is 0 Å². The molecule has 0 radical (unpaired) electrons. The van der Waals surface area contributed by atoms with Crippen molar-refractivity contribution in [3.63, 3.8) is 0 Å². The van der Waals surface area contributed by atoms with Crippen molar-refractivity contribution in [2.45, 2.75) is 20.1 Å². The summed E-state index contributed by atoms with van der Waals surface area (Å²) in [6, 6.07) is 7.43. The first-order valence-electron chi connectivity index (χ1n) is 7.45. The van der Waals surface area contributed by atoms with Gasteiger partial charge in [-0.2, -0.15) is 5.10 Å². The molecule has 0 bridgehead atoms. The standard InChI is InChI=1S/C17H16N2O5/c1-3-22-17(21)14(10-23-15-8-11(2)16(20)24-15)19-13-7-5-4-6-12(13)9-18-19/h4-10,15H,3H2,1-2H3/b14-10-. The van der Waals surface area contributed by atoms with Crippen LogP contribution in [0.3, 0.4) is 0 Å². The Morgan fingerprint density at radius 3 is 2.92 bits per heavy atom. The minimum Gasteiger partial charge on any atom is -0.461 e. The summed E-state index contributed by atoms with van der Waals surface area (Å²) < 4.78 is 16.9. The fourth-order valence-corrected chi connectivity index (χ4v) is 2.26. The second-order valence-corrected chi connectivity index (χ2v) is 5.10. The highest BCUT2D eigenvalue weighted by Crippen LogP contribution is 2.20. The highest BCUT2D eigenvalue weighted by molar-refractivity contribution is 6.11. The van der Waals surface area contributed by atoms with Crippen LogP contribution in [0.15, 0.2) is 48.4 Å².